The van der Waals surface area contributed by atoms with E-state index in [1.54, 1.807) is 20.8 Å². The lowest BCUT2D eigenvalue weighted by atomic mass is 10.1. The molecule has 0 aliphatic heterocycles. The van der Waals surface area contributed by atoms with Crippen molar-refractivity contribution in [3.63, 3.8) is 0 Å². The number of amides is 1. The molecular formula is C15H22N2O3S. The van der Waals surface area contributed by atoms with E-state index in [0.29, 0.717) is 0 Å². The summed E-state index contributed by atoms with van der Waals surface area (Å²) in [4.78, 5) is 23.1. The van der Waals surface area contributed by atoms with E-state index >= 15 is 0 Å². The van der Waals surface area contributed by atoms with Crippen LogP contribution in [0.4, 0.5) is 10.5 Å². The summed E-state index contributed by atoms with van der Waals surface area (Å²) in [6.45, 7) is 7.47. The van der Waals surface area contributed by atoms with Crippen molar-refractivity contribution in [1.29, 1.82) is 0 Å². The van der Waals surface area contributed by atoms with Gasteiger partial charge in [0.05, 0.1) is 6.54 Å². The predicted molar refractivity (Wildman–Crippen MR) is 86.3 cm³/mol. The van der Waals surface area contributed by atoms with Gasteiger partial charge in [-0.15, -0.1) is 0 Å². The zero-order valence-electron chi connectivity index (χ0n) is 12.9. The van der Waals surface area contributed by atoms with Crippen LogP contribution in [0.25, 0.3) is 0 Å². The number of nitrogens with one attached hydrogen (secondary N) is 2. The third-order valence-electron chi connectivity index (χ3n) is 2.42. The van der Waals surface area contributed by atoms with E-state index in [1.165, 1.54) is 5.56 Å². The first-order chi connectivity index (χ1) is 9.80. The minimum Gasteiger partial charge on any atom is -0.451 e. The Morgan fingerprint density at radius 1 is 1.19 bits per heavy atom. The monoisotopic (exact) mass is 310 g/mol. The number of aryl methyl sites for hydroxylation is 1. The number of carbonyl (C=O) groups is 2. The number of hydrogen-bond donors (Lipinski definition) is 2. The second-order valence-corrected chi connectivity index (χ2v) is 6.31. The quantitative estimate of drug-likeness (QED) is 0.645. The SMILES string of the molecule is CCc1ccc(NC(=O)CNSC(=O)OC(C)(C)C)cc1. The van der Waals surface area contributed by atoms with Gasteiger partial charge in [0.15, 0.2) is 0 Å². The Morgan fingerprint density at radius 2 is 1.81 bits per heavy atom. The summed E-state index contributed by atoms with van der Waals surface area (Å²) < 4.78 is 7.77. The first-order valence-electron chi connectivity index (χ1n) is 6.81. The zero-order valence-corrected chi connectivity index (χ0v) is 13.7. The van der Waals surface area contributed by atoms with Gasteiger partial charge in [0.1, 0.15) is 5.60 Å². The fraction of sp³-hybridized carbons (Fsp3) is 0.467. The molecule has 0 spiro atoms. The fourth-order valence-corrected chi connectivity index (χ4v) is 2.07. The summed E-state index contributed by atoms with van der Waals surface area (Å²) in [7, 11) is 0. The van der Waals surface area contributed by atoms with Gasteiger partial charge in [-0.25, -0.2) is 9.52 Å². The van der Waals surface area contributed by atoms with E-state index < -0.39 is 10.9 Å². The third-order valence-corrected chi connectivity index (χ3v) is 2.96. The normalized spacial score (nSPS) is 11.0. The van der Waals surface area contributed by atoms with Crippen LogP contribution in [0.1, 0.15) is 33.3 Å². The molecule has 0 saturated carbocycles. The lowest BCUT2D eigenvalue weighted by molar-refractivity contribution is -0.115. The summed E-state index contributed by atoms with van der Waals surface area (Å²) in [6, 6.07) is 7.66. The first kappa shape index (κ1) is 17.5. The van der Waals surface area contributed by atoms with Gasteiger partial charge in [-0.1, -0.05) is 19.1 Å². The van der Waals surface area contributed by atoms with Gasteiger partial charge in [0.25, 0.3) is 0 Å². The third kappa shape index (κ3) is 7.72. The van der Waals surface area contributed by atoms with Crippen molar-refractivity contribution in [1.82, 2.24) is 4.72 Å². The van der Waals surface area contributed by atoms with Crippen LogP contribution in [0.2, 0.25) is 0 Å². The van der Waals surface area contributed by atoms with Crippen molar-refractivity contribution in [3.05, 3.63) is 29.8 Å². The molecule has 0 fully saturated rings. The topological polar surface area (TPSA) is 67.4 Å². The van der Waals surface area contributed by atoms with Crippen molar-refractivity contribution in [2.75, 3.05) is 11.9 Å². The molecule has 0 aromatic heterocycles. The van der Waals surface area contributed by atoms with Crippen LogP contribution in [-0.4, -0.2) is 23.4 Å². The Hall–Kier alpha value is -1.53. The number of ether oxygens (including phenoxy) is 1. The number of benzene rings is 1. The molecule has 0 atom stereocenters. The van der Waals surface area contributed by atoms with Gasteiger partial charge >= 0.3 is 5.30 Å². The molecule has 0 heterocycles. The van der Waals surface area contributed by atoms with Crippen molar-refractivity contribution < 1.29 is 14.3 Å². The molecule has 0 unspecified atom stereocenters. The molecule has 0 saturated heterocycles. The number of carbonyl (C=O) groups excluding carboxylic acids is 2. The van der Waals surface area contributed by atoms with Gasteiger partial charge in [-0.05, 0) is 44.9 Å². The summed E-state index contributed by atoms with van der Waals surface area (Å²) in [5.41, 5.74) is 1.42. The van der Waals surface area contributed by atoms with Gasteiger partial charge in [0.2, 0.25) is 5.91 Å². The van der Waals surface area contributed by atoms with Crippen LogP contribution in [0.5, 0.6) is 0 Å². The van der Waals surface area contributed by atoms with Crippen molar-refractivity contribution in [2.45, 2.75) is 39.7 Å². The van der Waals surface area contributed by atoms with Crippen LogP contribution in [0.15, 0.2) is 24.3 Å². The standard InChI is InChI=1S/C15H22N2O3S/c1-5-11-6-8-12(9-7-11)17-13(18)10-16-21-14(19)20-15(2,3)4/h6-9,16H,5,10H2,1-4H3,(H,17,18). The van der Waals surface area contributed by atoms with E-state index in [0.717, 1.165) is 24.1 Å². The van der Waals surface area contributed by atoms with E-state index in [4.69, 9.17) is 4.74 Å². The van der Waals surface area contributed by atoms with Gasteiger partial charge < -0.3 is 10.1 Å². The molecule has 1 amide bonds. The summed E-state index contributed by atoms with van der Waals surface area (Å²) in [5.74, 6) is -0.213. The maximum absolute atomic E-state index is 11.7. The lowest BCUT2D eigenvalue weighted by Crippen LogP contribution is -2.27. The van der Waals surface area contributed by atoms with Crippen molar-refractivity contribution >= 4 is 28.8 Å². The second kappa shape index (κ2) is 8.05. The molecule has 0 aliphatic carbocycles. The highest BCUT2D eigenvalue weighted by molar-refractivity contribution is 8.11. The van der Waals surface area contributed by atoms with Crippen LogP contribution in [0, 0.1) is 0 Å². The molecular weight excluding hydrogens is 288 g/mol. The highest BCUT2D eigenvalue weighted by Crippen LogP contribution is 2.13. The molecule has 1 aromatic rings. The lowest BCUT2D eigenvalue weighted by Gasteiger charge is -2.18. The Kier molecular flexibility index (Phi) is 6.71. The van der Waals surface area contributed by atoms with Crippen molar-refractivity contribution in [3.8, 4) is 0 Å². The molecule has 21 heavy (non-hydrogen) atoms. The largest absolute Gasteiger partial charge is 0.451 e. The van der Waals surface area contributed by atoms with Gasteiger partial charge in [-0.3, -0.25) is 4.79 Å². The van der Waals surface area contributed by atoms with Crippen LogP contribution < -0.4 is 10.0 Å². The maximum atomic E-state index is 11.7. The first-order valence-corrected chi connectivity index (χ1v) is 7.63. The Balaban J connectivity index is 2.29. The van der Waals surface area contributed by atoms with E-state index in [1.807, 2.05) is 24.3 Å². The molecule has 116 valence electrons. The van der Waals surface area contributed by atoms with Crippen LogP contribution in [-0.2, 0) is 16.0 Å². The summed E-state index contributed by atoms with van der Waals surface area (Å²) in [6.07, 6.45) is 0.961. The average Bonchev–Trinajstić information content (AvgIpc) is 2.37. The Bertz CT molecular complexity index is 481. The van der Waals surface area contributed by atoms with Crippen LogP contribution >= 0.6 is 11.9 Å². The smallest absolute Gasteiger partial charge is 0.383 e. The summed E-state index contributed by atoms with van der Waals surface area (Å²) in [5, 5.41) is 2.29. The number of rotatable bonds is 5. The predicted octanol–water partition coefficient (Wildman–Crippen LogP) is 3.36. The van der Waals surface area contributed by atoms with E-state index in [-0.39, 0.29) is 12.5 Å². The second-order valence-electron chi connectivity index (χ2n) is 5.49. The minimum absolute atomic E-state index is 0.0272. The van der Waals surface area contributed by atoms with Gasteiger partial charge in [-0.2, -0.15) is 0 Å². The van der Waals surface area contributed by atoms with E-state index in [9.17, 15) is 9.59 Å². The molecule has 0 radical (unpaired) electrons. The molecule has 6 heteroatoms. The number of hydrogen-bond acceptors (Lipinski definition) is 5. The van der Waals surface area contributed by atoms with Crippen LogP contribution in [0.3, 0.4) is 0 Å². The average molecular weight is 310 g/mol. The molecule has 0 aliphatic rings. The molecule has 1 aromatic carbocycles. The molecule has 1 rings (SSSR count). The van der Waals surface area contributed by atoms with E-state index in [2.05, 4.69) is 17.0 Å². The minimum atomic E-state index is -0.533. The molecule has 2 N–H and O–H groups in total. The summed E-state index contributed by atoms with van der Waals surface area (Å²) >= 11 is 0.776. The Labute approximate surface area is 130 Å². The van der Waals surface area contributed by atoms with Crippen molar-refractivity contribution in [2.24, 2.45) is 0 Å². The molecule has 0 bridgehead atoms. The molecule has 5 nitrogen and oxygen atoms in total. The fourth-order valence-electron chi connectivity index (χ4n) is 1.46. The highest BCUT2D eigenvalue weighted by Gasteiger charge is 2.16. The Morgan fingerprint density at radius 3 is 2.33 bits per heavy atom. The van der Waals surface area contributed by atoms with Gasteiger partial charge in [0, 0.05) is 17.6 Å². The maximum Gasteiger partial charge on any atom is 0.383 e. The number of anilines is 1. The zero-order chi connectivity index (χ0) is 15.9. The highest BCUT2D eigenvalue weighted by atomic mass is 32.2.